The zero-order valence-electron chi connectivity index (χ0n) is 17.4. The number of carbonyl (C=O) groups is 1. The van der Waals surface area contributed by atoms with E-state index in [4.69, 9.17) is 21.4 Å². The predicted molar refractivity (Wildman–Crippen MR) is 116 cm³/mol. The van der Waals surface area contributed by atoms with Gasteiger partial charge in [-0.1, -0.05) is 29.8 Å². The lowest BCUT2D eigenvalue weighted by Crippen LogP contribution is -2.37. The van der Waals surface area contributed by atoms with Gasteiger partial charge in [-0.25, -0.2) is 13.8 Å². The van der Waals surface area contributed by atoms with Crippen molar-refractivity contribution in [3.8, 4) is 5.88 Å². The number of aliphatic hydroxyl groups is 1. The Morgan fingerprint density at radius 1 is 1.18 bits per heavy atom. The normalized spacial score (nSPS) is 13.0. The first-order valence-electron chi connectivity index (χ1n) is 10.2. The van der Waals surface area contributed by atoms with Crippen molar-refractivity contribution in [2.45, 2.75) is 26.1 Å². The molecule has 0 radical (unpaired) electrons. The molecule has 4 rings (SSSR count). The molecule has 0 spiro atoms. The van der Waals surface area contributed by atoms with Gasteiger partial charge in [0.2, 0.25) is 11.8 Å². The van der Waals surface area contributed by atoms with Gasteiger partial charge in [-0.15, -0.1) is 0 Å². The summed E-state index contributed by atoms with van der Waals surface area (Å²) in [5, 5.41) is 8.81. The van der Waals surface area contributed by atoms with Crippen LogP contribution in [0, 0.1) is 11.6 Å². The number of carbonyl (C=O) groups excluding carboxylic acids is 1. The van der Waals surface area contributed by atoms with Gasteiger partial charge in [0.25, 0.3) is 5.56 Å². The number of halogens is 3. The van der Waals surface area contributed by atoms with Crippen LogP contribution in [-0.4, -0.2) is 38.6 Å². The Balaban J connectivity index is 1.47. The Morgan fingerprint density at radius 2 is 2.00 bits per heavy atom. The third-order valence-electron chi connectivity index (χ3n) is 5.45. The second-order valence-electron chi connectivity index (χ2n) is 7.65. The number of aliphatic hydroxyl groups excluding tert-OH is 1. The lowest BCUT2D eigenvalue weighted by molar-refractivity contribution is -0.135. The van der Waals surface area contributed by atoms with Gasteiger partial charge in [0.05, 0.1) is 6.54 Å². The molecule has 0 saturated carbocycles. The van der Waals surface area contributed by atoms with E-state index in [0.29, 0.717) is 19.5 Å². The van der Waals surface area contributed by atoms with Crippen LogP contribution in [0.1, 0.15) is 22.3 Å². The molecule has 0 aliphatic carbocycles. The standard InChI is InChI=1S/C23H20ClF2N3O4/c24-21-22(33-12-17-3-4-18(25)8-19(17)26)27-13-29(23(21)32)9-14-1-2-16-10-28(20(31)11-30)6-5-15(16)7-14/h1-4,7-8,13,30H,5-6,9-12H2. The van der Waals surface area contributed by atoms with Gasteiger partial charge < -0.3 is 14.7 Å². The van der Waals surface area contributed by atoms with Gasteiger partial charge in [-0.05, 0) is 35.2 Å². The summed E-state index contributed by atoms with van der Waals surface area (Å²) in [7, 11) is 0. The first-order valence-corrected chi connectivity index (χ1v) is 10.5. The number of nitrogens with zero attached hydrogens (tertiary/aromatic N) is 3. The smallest absolute Gasteiger partial charge is 0.276 e. The summed E-state index contributed by atoms with van der Waals surface area (Å²) < 4.78 is 33.5. The van der Waals surface area contributed by atoms with Crippen LogP contribution in [0.25, 0.3) is 0 Å². The van der Waals surface area contributed by atoms with Crippen molar-refractivity contribution < 1.29 is 23.4 Å². The molecule has 10 heteroatoms. The summed E-state index contributed by atoms with van der Waals surface area (Å²) in [6, 6.07) is 8.82. The van der Waals surface area contributed by atoms with Crippen molar-refractivity contribution in [1.82, 2.24) is 14.5 Å². The van der Waals surface area contributed by atoms with E-state index < -0.39 is 23.8 Å². The van der Waals surface area contributed by atoms with E-state index in [1.165, 1.54) is 17.0 Å². The molecule has 1 N–H and O–H groups in total. The minimum absolute atomic E-state index is 0.103. The molecular formula is C23H20ClF2N3O4. The van der Waals surface area contributed by atoms with Gasteiger partial charge in [-0.3, -0.25) is 14.2 Å². The monoisotopic (exact) mass is 475 g/mol. The van der Waals surface area contributed by atoms with Crippen LogP contribution >= 0.6 is 11.6 Å². The number of hydrogen-bond donors (Lipinski definition) is 1. The van der Waals surface area contributed by atoms with Crippen LogP contribution in [0.3, 0.4) is 0 Å². The first kappa shape index (κ1) is 22.9. The molecule has 2 aromatic carbocycles. The molecular weight excluding hydrogens is 456 g/mol. The van der Waals surface area contributed by atoms with Gasteiger partial charge >= 0.3 is 0 Å². The van der Waals surface area contributed by atoms with Gasteiger partial charge in [0.15, 0.2) is 5.02 Å². The lowest BCUT2D eigenvalue weighted by Gasteiger charge is -2.28. The maximum Gasteiger partial charge on any atom is 0.276 e. The molecule has 3 aromatic rings. The molecule has 0 fully saturated rings. The maximum absolute atomic E-state index is 13.8. The number of fused-ring (bicyclic) bond motifs is 1. The van der Waals surface area contributed by atoms with Crippen LogP contribution in [0.2, 0.25) is 5.02 Å². The number of benzene rings is 2. The quantitative estimate of drug-likeness (QED) is 0.592. The SMILES string of the molecule is O=C(CO)N1CCc2cc(Cn3cnc(OCc4ccc(F)cc4F)c(Cl)c3=O)ccc2C1. The van der Waals surface area contributed by atoms with Crippen LogP contribution in [-0.2, 0) is 30.9 Å². The molecule has 2 heterocycles. The molecule has 1 aliphatic rings. The zero-order valence-corrected chi connectivity index (χ0v) is 18.2. The summed E-state index contributed by atoms with van der Waals surface area (Å²) in [6.45, 7) is 0.406. The highest BCUT2D eigenvalue weighted by atomic mass is 35.5. The first-order chi connectivity index (χ1) is 15.9. The topological polar surface area (TPSA) is 84.7 Å². The van der Waals surface area contributed by atoms with Crippen LogP contribution in [0.5, 0.6) is 5.88 Å². The van der Waals surface area contributed by atoms with Crippen LogP contribution in [0.15, 0.2) is 47.5 Å². The van der Waals surface area contributed by atoms with Gasteiger partial charge in [-0.2, -0.15) is 0 Å². The molecule has 1 aromatic heterocycles. The molecule has 7 nitrogen and oxygen atoms in total. The second kappa shape index (κ2) is 9.68. The fourth-order valence-corrected chi connectivity index (χ4v) is 3.87. The summed E-state index contributed by atoms with van der Waals surface area (Å²) >= 11 is 6.14. The van der Waals surface area contributed by atoms with E-state index in [2.05, 4.69) is 4.98 Å². The van der Waals surface area contributed by atoms with Crippen molar-refractivity contribution in [3.63, 3.8) is 0 Å². The Morgan fingerprint density at radius 3 is 2.76 bits per heavy atom. The molecule has 0 bridgehead atoms. The summed E-state index contributed by atoms with van der Waals surface area (Å²) in [5.74, 6) is -1.91. The number of rotatable bonds is 6. The Kier molecular flexibility index (Phi) is 6.71. The van der Waals surface area contributed by atoms with E-state index in [-0.39, 0.29) is 35.5 Å². The van der Waals surface area contributed by atoms with E-state index in [0.717, 1.165) is 28.8 Å². The van der Waals surface area contributed by atoms with Crippen molar-refractivity contribution in [1.29, 1.82) is 0 Å². The fourth-order valence-electron chi connectivity index (χ4n) is 3.66. The van der Waals surface area contributed by atoms with E-state index in [9.17, 15) is 18.4 Å². The van der Waals surface area contributed by atoms with E-state index in [1.54, 1.807) is 4.90 Å². The molecule has 33 heavy (non-hydrogen) atoms. The third kappa shape index (κ3) is 5.04. The summed E-state index contributed by atoms with van der Waals surface area (Å²) in [5.41, 5.74) is 2.51. The van der Waals surface area contributed by atoms with Crippen molar-refractivity contribution >= 4 is 17.5 Å². The zero-order chi connectivity index (χ0) is 23.5. The number of aromatic nitrogens is 2. The third-order valence-corrected chi connectivity index (χ3v) is 5.78. The second-order valence-corrected chi connectivity index (χ2v) is 8.03. The highest BCUT2D eigenvalue weighted by molar-refractivity contribution is 6.31. The molecule has 0 atom stereocenters. The summed E-state index contributed by atoms with van der Waals surface area (Å²) in [4.78, 5) is 30.1. The number of ether oxygens (including phenoxy) is 1. The minimum Gasteiger partial charge on any atom is -0.471 e. The van der Waals surface area contributed by atoms with Crippen molar-refractivity contribution in [2.24, 2.45) is 0 Å². The predicted octanol–water partition coefficient (Wildman–Crippen LogP) is 2.68. The van der Waals surface area contributed by atoms with E-state index >= 15 is 0 Å². The Labute approximate surface area is 192 Å². The Hall–Kier alpha value is -3.30. The van der Waals surface area contributed by atoms with E-state index in [1.807, 2.05) is 18.2 Å². The van der Waals surface area contributed by atoms with Gasteiger partial charge in [0.1, 0.15) is 31.2 Å². The van der Waals surface area contributed by atoms with Crippen molar-refractivity contribution in [2.75, 3.05) is 13.2 Å². The Bertz CT molecular complexity index is 1260. The fraction of sp³-hybridized carbons (Fsp3) is 0.261. The molecule has 0 unspecified atom stereocenters. The molecule has 1 aliphatic heterocycles. The van der Waals surface area contributed by atoms with Crippen molar-refractivity contribution in [3.05, 3.63) is 92.0 Å². The molecule has 1 amide bonds. The highest BCUT2D eigenvalue weighted by Crippen LogP contribution is 2.22. The molecule has 172 valence electrons. The van der Waals surface area contributed by atoms with Gasteiger partial charge in [0, 0.05) is 24.7 Å². The largest absolute Gasteiger partial charge is 0.471 e. The summed E-state index contributed by atoms with van der Waals surface area (Å²) in [6.07, 6.45) is 1.95. The lowest BCUT2D eigenvalue weighted by atomic mass is 9.97. The minimum atomic E-state index is -0.768. The maximum atomic E-state index is 13.8. The average molecular weight is 476 g/mol. The molecule has 0 saturated heterocycles. The number of hydrogen-bond acceptors (Lipinski definition) is 5. The highest BCUT2D eigenvalue weighted by Gasteiger charge is 2.20. The number of amides is 1. The van der Waals surface area contributed by atoms with Crippen LogP contribution in [0.4, 0.5) is 8.78 Å². The van der Waals surface area contributed by atoms with Crippen LogP contribution < -0.4 is 10.3 Å². The average Bonchev–Trinajstić information content (AvgIpc) is 2.81.